The van der Waals surface area contributed by atoms with Gasteiger partial charge in [-0.3, -0.25) is 13.9 Å². The van der Waals surface area contributed by atoms with Crippen LogP contribution in [0.15, 0.2) is 71.1 Å². The summed E-state index contributed by atoms with van der Waals surface area (Å²) in [5, 5.41) is 4.61. The molecule has 6 nitrogen and oxygen atoms in total. The molecule has 0 radical (unpaired) electrons. The number of carbonyl (C=O) groups excluding carboxylic acids is 2. The molecular formula is C23H20N2O4S2. The van der Waals surface area contributed by atoms with Gasteiger partial charge in [-0.05, 0) is 55.1 Å². The van der Waals surface area contributed by atoms with Gasteiger partial charge in [-0.1, -0.05) is 29.8 Å². The van der Waals surface area contributed by atoms with Crippen LogP contribution >= 0.6 is 11.3 Å². The monoisotopic (exact) mass is 452 g/mol. The molecule has 4 rings (SSSR count). The van der Waals surface area contributed by atoms with Gasteiger partial charge in [0.1, 0.15) is 4.88 Å². The summed E-state index contributed by atoms with van der Waals surface area (Å²) in [5.74, 6) is -0.593. The molecule has 1 aromatic heterocycles. The SMILES string of the molecule is CC(=O)c1ccc(NC=C2C(=O)c3sccc3N(Cc3ccc(C)cc3)S2(=O)=O)cc1. The minimum Gasteiger partial charge on any atom is -0.360 e. The summed E-state index contributed by atoms with van der Waals surface area (Å²) in [6, 6.07) is 15.9. The van der Waals surface area contributed by atoms with Crippen LogP contribution in [0.25, 0.3) is 0 Å². The number of hydrogen-bond acceptors (Lipinski definition) is 6. The van der Waals surface area contributed by atoms with Gasteiger partial charge < -0.3 is 5.32 Å². The summed E-state index contributed by atoms with van der Waals surface area (Å²) in [4.78, 5) is 24.5. The molecule has 1 aliphatic rings. The Morgan fingerprint density at radius 1 is 1.06 bits per heavy atom. The van der Waals surface area contributed by atoms with Crippen molar-refractivity contribution < 1.29 is 18.0 Å². The van der Waals surface area contributed by atoms with Crippen LogP contribution in [-0.2, 0) is 16.6 Å². The highest BCUT2D eigenvalue weighted by Crippen LogP contribution is 2.39. The van der Waals surface area contributed by atoms with Crippen molar-refractivity contribution in [3.05, 3.63) is 92.6 Å². The molecule has 0 amide bonds. The third-order valence-corrected chi connectivity index (χ3v) is 7.69. The molecule has 2 aromatic carbocycles. The van der Waals surface area contributed by atoms with Gasteiger partial charge in [-0.2, -0.15) is 0 Å². The largest absolute Gasteiger partial charge is 0.360 e. The highest BCUT2D eigenvalue weighted by Gasteiger charge is 2.41. The minimum atomic E-state index is -4.06. The van der Waals surface area contributed by atoms with Crippen molar-refractivity contribution in [3.8, 4) is 0 Å². The van der Waals surface area contributed by atoms with Crippen molar-refractivity contribution in [1.29, 1.82) is 0 Å². The number of carbonyl (C=O) groups is 2. The van der Waals surface area contributed by atoms with E-state index in [0.717, 1.165) is 11.1 Å². The van der Waals surface area contributed by atoms with Crippen molar-refractivity contribution in [1.82, 2.24) is 0 Å². The number of nitrogens with zero attached hydrogens (tertiary/aromatic N) is 1. The average molecular weight is 453 g/mol. The Hall–Kier alpha value is -3.23. The van der Waals surface area contributed by atoms with Gasteiger partial charge >= 0.3 is 0 Å². The number of benzene rings is 2. The highest BCUT2D eigenvalue weighted by molar-refractivity contribution is 7.97. The van der Waals surface area contributed by atoms with Crippen LogP contribution < -0.4 is 9.62 Å². The van der Waals surface area contributed by atoms with Crippen LogP contribution in [0.2, 0.25) is 0 Å². The molecule has 158 valence electrons. The van der Waals surface area contributed by atoms with E-state index in [-0.39, 0.29) is 17.2 Å². The quantitative estimate of drug-likeness (QED) is 0.446. The topological polar surface area (TPSA) is 83.6 Å². The summed E-state index contributed by atoms with van der Waals surface area (Å²) < 4.78 is 28.0. The molecule has 0 saturated carbocycles. The van der Waals surface area contributed by atoms with Gasteiger partial charge in [0.05, 0.1) is 12.2 Å². The van der Waals surface area contributed by atoms with Crippen molar-refractivity contribution in [2.45, 2.75) is 20.4 Å². The molecule has 0 atom stereocenters. The third kappa shape index (κ3) is 4.04. The Labute approximate surface area is 184 Å². The summed E-state index contributed by atoms with van der Waals surface area (Å²) in [6.45, 7) is 3.57. The van der Waals surface area contributed by atoms with Crippen molar-refractivity contribution in [3.63, 3.8) is 0 Å². The molecule has 1 aliphatic heterocycles. The molecule has 0 spiro atoms. The molecular weight excluding hydrogens is 432 g/mol. The van der Waals surface area contributed by atoms with E-state index in [1.165, 1.54) is 28.8 Å². The molecule has 2 heterocycles. The first-order chi connectivity index (χ1) is 14.8. The van der Waals surface area contributed by atoms with Crippen molar-refractivity contribution in [2.75, 3.05) is 9.62 Å². The minimum absolute atomic E-state index is 0.0630. The number of rotatable bonds is 5. The van der Waals surface area contributed by atoms with Gasteiger partial charge in [-0.25, -0.2) is 8.42 Å². The number of aryl methyl sites for hydroxylation is 1. The van der Waals surface area contributed by atoms with Crippen LogP contribution in [0.3, 0.4) is 0 Å². The second kappa shape index (κ2) is 8.13. The predicted molar refractivity (Wildman–Crippen MR) is 123 cm³/mol. The fraction of sp³-hybridized carbons (Fsp3) is 0.130. The number of nitrogens with one attached hydrogen (secondary N) is 1. The van der Waals surface area contributed by atoms with E-state index in [0.29, 0.717) is 21.8 Å². The Morgan fingerprint density at radius 3 is 2.39 bits per heavy atom. The number of allylic oxidation sites excluding steroid dienone is 1. The second-order valence-electron chi connectivity index (χ2n) is 7.25. The third-order valence-electron chi connectivity index (χ3n) is 5.02. The normalized spacial score (nSPS) is 16.3. The number of hydrogen-bond donors (Lipinski definition) is 1. The first-order valence-electron chi connectivity index (χ1n) is 9.55. The number of anilines is 2. The zero-order chi connectivity index (χ0) is 22.2. The van der Waals surface area contributed by atoms with E-state index in [2.05, 4.69) is 5.32 Å². The Bertz CT molecular complexity index is 1290. The summed E-state index contributed by atoms with van der Waals surface area (Å²) in [6.07, 6.45) is 1.23. The van der Waals surface area contributed by atoms with Crippen LogP contribution in [-0.4, -0.2) is 20.0 Å². The predicted octanol–water partition coefficient (Wildman–Crippen LogP) is 4.75. The number of fused-ring (bicyclic) bond motifs is 1. The lowest BCUT2D eigenvalue weighted by Gasteiger charge is -2.29. The molecule has 0 bridgehead atoms. The lowest BCUT2D eigenvalue weighted by Crippen LogP contribution is -2.38. The molecule has 0 aliphatic carbocycles. The summed E-state index contributed by atoms with van der Waals surface area (Å²) in [5.41, 5.74) is 3.43. The lowest BCUT2D eigenvalue weighted by atomic mass is 10.1. The molecule has 0 saturated heterocycles. The number of thiophene rings is 1. The van der Waals surface area contributed by atoms with Gasteiger partial charge in [0, 0.05) is 17.5 Å². The van der Waals surface area contributed by atoms with Gasteiger partial charge in [-0.15, -0.1) is 11.3 Å². The lowest BCUT2D eigenvalue weighted by molar-refractivity contribution is 0.101. The van der Waals surface area contributed by atoms with E-state index >= 15 is 0 Å². The Kier molecular flexibility index (Phi) is 5.51. The molecule has 3 aromatic rings. The van der Waals surface area contributed by atoms with E-state index in [1.54, 1.807) is 35.7 Å². The summed E-state index contributed by atoms with van der Waals surface area (Å²) in [7, 11) is -4.06. The van der Waals surface area contributed by atoms with E-state index in [9.17, 15) is 18.0 Å². The van der Waals surface area contributed by atoms with Crippen molar-refractivity contribution in [2.24, 2.45) is 0 Å². The first kappa shape index (κ1) is 21.0. The van der Waals surface area contributed by atoms with E-state index in [4.69, 9.17) is 0 Å². The zero-order valence-electron chi connectivity index (χ0n) is 17.0. The maximum absolute atomic E-state index is 13.4. The van der Waals surface area contributed by atoms with Crippen molar-refractivity contribution >= 4 is 44.3 Å². The summed E-state index contributed by atoms with van der Waals surface area (Å²) >= 11 is 1.22. The number of ketones is 2. The smallest absolute Gasteiger partial charge is 0.270 e. The molecule has 1 N–H and O–H groups in total. The van der Waals surface area contributed by atoms with E-state index < -0.39 is 15.8 Å². The molecule has 8 heteroatoms. The standard InChI is InChI=1S/C23H20N2O4S2/c1-15-3-5-17(6-4-15)14-25-20-11-12-30-23(20)22(27)21(31(25,28)29)13-24-19-9-7-18(8-10-19)16(2)26/h3-13,24H,14H2,1-2H3. The number of sulfonamides is 1. The van der Waals surface area contributed by atoms with E-state index in [1.807, 2.05) is 31.2 Å². The van der Waals surface area contributed by atoms with Gasteiger partial charge in [0.25, 0.3) is 10.0 Å². The highest BCUT2D eigenvalue weighted by atomic mass is 32.2. The van der Waals surface area contributed by atoms with Crippen LogP contribution in [0.5, 0.6) is 0 Å². The fourth-order valence-corrected chi connectivity index (χ4v) is 5.75. The second-order valence-corrected chi connectivity index (χ2v) is 9.99. The van der Waals surface area contributed by atoms with Crippen LogP contribution in [0.4, 0.5) is 11.4 Å². The van der Waals surface area contributed by atoms with Gasteiger partial charge in [0.15, 0.2) is 10.7 Å². The number of Topliss-reactive ketones (excluding diaryl/α,β-unsaturated/α-hetero) is 2. The first-order valence-corrected chi connectivity index (χ1v) is 11.9. The Morgan fingerprint density at radius 2 is 1.74 bits per heavy atom. The van der Waals surface area contributed by atoms with Crippen LogP contribution in [0.1, 0.15) is 38.1 Å². The molecule has 31 heavy (non-hydrogen) atoms. The zero-order valence-corrected chi connectivity index (χ0v) is 18.6. The van der Waals surface area contributed by atoms with Gasteiger partial charge in [0.2, 0.25) is 5.78 Å². The maximum Gasteiger partial charge on any atom is 0.270 e. The fourth-order valence-electron chi connectivity index (χ4n) is 3.27. The maximum atomic E-state index is 13.4. The molecule has 0 fully saturated rings. The van der Waals surface area contributed by atoms with Crippen LogP contribution in [0, 0.1) is 6.92 Å². The Balaban J connectivity index is 1.69. The molecule has 0 unspecified atom stereocenters. The average Bonchev–Trinajstić information content (AvgIpc) is 3.22.